The van der Waals surface area contributed by atoms with E-state index in [0.717, 1.165) is 6.42 Å². The van der Waals surface area contributed by atoms with Gasteiger partial charge >= 0.3 is 0 Å². The van der Waals surface area contributed by atoms with Crippen LogP contribution >= 0.6 is 0 Å². The number of hydrogen-bond donors (Lipinski definition) is 0. The van der Waals surface area contributed by atoms with Crippen LogP contribution in [-0.4, -0.2) is 0 Å². The average molecular weight is 529 g/mol. The molecule has 0 atom stereocenters. The molecule has 0 bridgehead atoms. The molecule has 0 radical (unpaired) electrons. The summed E-state index contributed by atoms with van der Waals surface area (Å²) in [5.74, 6) is 0. The lowest BCUT2D eigenvalue weighted by molar-refractivity contribution is 0.125. The van der Waals surface area contributed by atoms with Crippen LogP contribution in [0, 0.1) is 5.41 Å². The summed E-state index contributed by atoms with van der Waals surface area (Å²) >= 11 is 0. The molecule has 5 aromatic rings. The van der Waals surface area contributed by atoms with Crippen LogP contribution in [0.3, 0.4) is 0 Å². The molecular weight excluding hydrogens is 492 g/mol. The molecule has 0 saturated carbocycles. The van der Waals surface area contributed by atoms with E-state index in [1.54, 1.807) is 5.56 Å². The van der Waals surface area contributed by atoms with Gasteiger partial charge in [-0.2, -0.15) is 0 Å². The van der Waals surface area contributed by atoms with Crippen molar-refractivity contribution in [2.24, 2.45) is 5.41 Å². The topological polar surface area (TPSA) is 0 Å². The van der Waals surface area contributed by atoms with E-state index >= 15 is 0 Å². The molecule has 0 fully saturated rings. The van der Waals surface area contributed by atoms with Gasteiger partial charge in [-0.1, -0.05) is 133 Å². The fourth-order valence-corrected chi connectivity index (χ4v) is 9.41. The molecule has 0 N–H and O–H groups in total. The minimum absolute atomic E-state index is 0.105. The van der Waals surface area contributed by atoms with Gasteiger partial charge < -0.3 is 0 Å². The van der Waals surface area contributed by atoms with Crippen LogP contribution in [0.15, 0.2) is 97.1 Å². The molecular formula is C41H36. The second kappa shape index (κ2) is 7.11. The first kappa shape index (κ1) is 23.8. The highest BCUT2D eigenvalue weighted by Gasteiger charge is 2.57. The summed E-state index contributed by atoms with van der Waals surface area (Å²) in [6, 6.07) is 37.6. The van der Waals surface area contributed by atoms with Crippen LogP contribution in [0.5, 0.6) is 0 Å². The molecule has 41 heavy (non-hydrogen) atoms. The third kappa shape index (κ3) is 2.41. The van der Waals surface area contributed by atoms with E-state index in [4.69, 9.17) is 0 Å². The SMILES string of the molecule is CC1(C)c2cc3c(cc2C(C)(C)C1(C)C)-c1ccc2c(c1C3)-c1ccccc1C21c2ccccc2-c2ccccc21. The van der Waals surface area contributed by atoms with Crippen LogP contribution in [0.1, 0.15) is 86.1 Å². The van der Waals surface area contributed by atoms with E-state index in [1.807, 2.05) is 0 Å². The van der Waals surface area contributed by atoms with Crippen molar-refractivity contribution in [3.8, 4) is 33.4 Å². The molecule has 0 heterocycles. The first-order valence-corrected chi connectivity index (χ1v) is 15.3. The lowest BCUT2D eigenvalue weighted by Gasteiger charge is -2.44. The summed E-state index contributed by atoms with van der Waals surface area (Å²) in [6.07, 6.45) is 1.01. The van der Waals surface area contributed by atoms with Crippen molar-refractivity contribution >= 4 is 0 Å². The predicted molar refractivity (Wildman–Crippen MR) is 171 cm³/mol. The maximum Gasteiger partial charge on any atom is 0.0725 e. The first-order valence-electron chi connectivity index (χ1n) is 15.3. The maximum absolute atomic E-state index is 2.59. The number of fused-ring (bicyclic) bond motifs is 15. The zero-order chi connectivity index (χ0) is 28.1. The van der Waals surface area contributed by atoms with Gasteiger partial charge in [-0.3, -0.25) is 0 Å². The molecule has 0 amide bonds. The molecule has 5 aromatic carbocycles. The van der Waals surface area contributed by atoms with E-state index in [0.29, 0.717) is 0 Å². The molecule has 4 aliphatic rings. The summed E-state index contributed by atoms with van der Waals surface area (Å²) in [4.78, 5) is 0. The van der Waals surface area contributed by atoms with E-state index in [1.165, 1.54) is 72.3 Å². The van der Waals surface area contributed by atoms with Gasteiger partial charge in [0.25, 0.3) is 0 Å². The summed E-state index contributed by atoms with van der Waals surface area (Å²) in [5, 5.41) is 0. The average Bonchev–Trinajstić information content (AvgIpc) is 3.61. The van der Waals surface area contributed by atoms with Gasteiger partial charge in [-0.05, 0) is 107 Å². The zero-order valence-electron chi connectivity index (χ0n) is 24.9. The molecule has 0 unspecified atom stereocenters. The Morgan fingerprint density at radius 1 is 0.439 bits per heavy atom. The summed E-state index contributed by atoms with van der Waals surface area (Å²) in [5.41, 5.74) is 20.5. The lowest BCUT2D eigenvalue weighted by Crippen LogP contribution is -2.42. The van der Waals surface area contributed by atoms with Crippen molar-refractivity contribution in [3.05, 3.63) is 142 Å². The Labute approximate surface area is 244 Å². The van der Waals surface area contributed by atoms with Gasteiger partial charge in [-0.15, -0.1) is 0 Å². The number of benzene rings is 5. The highest BCUT2D eigenvalue weighted by atomic mass is 14.6. The van der Waals surface area contributed by atoms with Crippen LogP contribution in [-0.2, 0) is 22.7 Å². The molecule has 0 heteroatoms. The molecule has 1 spiro atoms. The Bertz CT molecular complexity index is 1950. The lowest BCUT2D eigenvalue weighted by atomic mass is 9.59. The Morgan fingerprint density at radius 2 is 0.951 bits per heavy atom. The van der Waals surface area contributed by atoms with Crippen LogP contribution < -0.4 is 0 Å². The Morgan fingerprint density at radius 3 is 1.56 bits per heavy atom. The monoisotopic (exact) mass is 528 g/mol. The minimum atomic E-state index is -0.265. The third-order valence-corrected chi connectivity index (χ3v) is 12.6. The van der Waals surface area contributed by atoms with Crippen LogP contribution in [0.4, 0.5) is 0 Å². The summed E-state index contributed by atoms with van der Waals surface area (Å²) in [7, 11) is 0. The van der Waals surface area contributed by atoms with E-state index in [2.05, 4.69) is 139 Å². The molecule has 0 nitrogen and oxygen atoms in total. The summed E-state index contributed by atoms with van der Waals surface area (Å²) in [6.45, 7) is 14.8. The standard InChI is InChI=1S/C41H36/c1-38(2)35-22-24-21-30-25(29(24)23-36(35)39(3,4)40(38,5)6)19-20-34-37(30)28-15-9-12-18-33(28)41(34)31-16-10-7-13-26(31)27-14-8-11-17-32(27)41/h7-20,22-23H,21H2,1-6H3. The number of rotatable bonds is 0. The fraction of sp³-hybridized carbons (Fsp3) is 0.268. The molecule has 0 aliphatic heterocycles. The van der Waals surface area contributed by atoms with Gasteiger partial charge in [0, 0.05) is 0 Å². The van der Waals surface area contributed by atoms with Gasteiger partial charge in [-0.25, -0.2) is 0 Å². The normalized spacial score (nSPS) is 19.7. The van der Waals surface area contributed by atoms with Crippen molar-refractivity contribution in [1.82, 2.24) is 0 Å². The quantitative estimate of drug-likeness (QED) is 0.184. The molecule has 0 saturated heterocycles. The minimum Gasteiger partial charge on any atom is -0.0619 e. The predicted octanol–water partition coefficient (Wildman–Crippen LogP) is 10.2. The van der Waals surface area contributed by atoms with Crippen molar-refractivity contribution < 1.29 is 0 Å². The zero-order valence-corrected chi connectivity index (χ0v) is 24.9. The summed E-state index contributed by atoms with van der Waals surface area (Å²) < 4.78 is 0. The Hall–Kier alpha value is -3.90. The van der Waals surface area contributed by atoms with Crippen molar-refractivity contribution in [3.63, 3.8) is 0 Å². The van der Waals surface area contributed by atoms with Gasteiger partial charge in [0.05, 0.1) is 5.41 Å². The Balaban J connectivity index is 1.34. The van der Waals surface area contributed by atoms with Crippen molar-refractivity contribution in [2.75, 3.05) is 0 Å². The molecule has 9 rings (SSSR count). The fourth-order valence-electron chi connectivity index (χ4n) is 9.41. The van der Waals surface area contributed by atoms with Crippen molar-refractivity contribution in [1.29, 1.82) is 0 Å². The highest BCUT2D eigenvalue weighted by molar-refractivity contribution is 5.99. The van der Waals surface area contributed by atoms with E-state index in [-0.39, 0.29) is 21.7 Å². The maximum atomic E-state index is 2.59. The van der Waals surface area contributed by atoms with Crippen LogP contribution in [0.25, 0.3) is 33.4 Å². The smallest absolute Gasteiger partial charge is 0.0619 e. The number of hydrogen-bond acceptors (Lipinski definition) is 0. The Kier molecular flexibility index (Phi) is 4.12. The third-order valence-electron chi connectivity index (χ3n) is 12.6. The molecule has 200 valence electrons. The van der Waals surface area contributed by atoms with E-state index in [9.17, 15) is 0 Å². The molecule has 4 aliphatic carbocycles. The molecule has 0 aromatic heterocycles. The van der Waals surface area contributed by atoms with Crippen molar-refractivity contribution in [2.45, 2.75) is 64.2 Å². The van der Waals surface area contributed by atoms with E-state index < -0.39 is 0 Å². The van der Waals surface area contributed by atoms with Gasteiger partial charge in [0.2, 0.25) is 0 Å². The first-order chi connectivity index (χ1) is 19.6. The highest BCUT2D eigenvalue weighted by Crippen LogP contribution is 2.66. The van der Waals surface area contributed by atoms with Crippen LogP contribution in [0.2, 0.25) is 0 Å². The second-order valence-electron chi connectivity index (χ2n) is 14.5. The second-order valence-corrected chi connectivity index (χ2v) is 14.5. The van der Waals surface area contributed by atoms with Gasteiger partial charge in [0.1, 0.15) is 0 Å². The van der Waals surface area contributed by atoms with Gasteiger partial charge in [0.15, 0.2) is 0 Å². The largest absolute Gasteiger partial charge is 0.0725 e.